The molecule has 0 bridgehead atoms. The Labute approximate surface area is 126 Å². The van der Waals surface area contributed by atoms with E-state index < -0.39 is 0 Å². The Morgan fingerprint density at radius 3 is 2.81 bits per heavy atom. The Morgan fingerprint density at radius 1 is 1.43 bits per heavy atom. The van der Waals surface area contributed by atoms with Gasteiger partial charge in [-0.2, -0.15) is 0 Å². The number of nitrogens with zero attached hydrogens (tertiary/aromatic N) is 4. The van der Waals surface area contributed by atoms with Gasteiger partial charge in [-0.15, -0.1) is 10.2 Å². The maximum absolute atomic E-state index is 11.6. The van der Waals surface area contributed by atoms with Gasteiger partial charge in [-0.3, -0.25) is 9.78 Å². The number of aromatic nitrogens is 4. The van der Waals surface area contributed by atoms with Crippen LogP contribution < -0.4 is 5.84 Å². The number of rotatable bonds is 6. The van der Waals surface area contributed by atoms with E-state index in [1.165, 1.54) is 16.4 Å². The van der Waals surface area contributed by atoms with E-state index in [0.29, 0.717) is 11.0 Å². The fraction of sp³-hybridized carbons (Fsp3) is 0.385. The van der Waals surface area contributed by atoms with Gasteiger partial charge in [0.25, 0.3) is 0 Å². The summed E-state index contributed by atoms with van der Waals surface area (Å²) in [5.74, 6) is 6.33. The molecule has 2 aromatic heterocycles. The number of thioether (sulfide) groups is 1. The summed E-state index contributed by atoms with van der Waals surface area (Å²) < 4.78 is 6.54. The molecule has 112 valence electrons. The second kappa shape index (κ2) is 7.07. The predicted octanol–water partition coefficient (Wildman–Crippen LogP) is 1.49. The Bertz CT molecular complexity index is 602. The van der Waals surface area contributed by atoms with Crippen LogP contribution in [0.5, 0.6) is 0 Å². The Balaban J connectivity index is 2.00. The summed E-state index contributed by atoms with van der Waals surface area (Å²) in [4.78, 5) is 15.6. The topological polar surface area (TPSA) is 95.9 Å². The fourth-order valence-corrected chi connectivity index (χ4v) is 2.18. The minimum atomic E-state index is -0.289. The number of nitrogens with two attached hydrogens (primary N) is 1. The molecule has 0 aliphatic heterocycles. The summed E-state index contributed by atoms with van der Waals surface area (Å²) in [5.41, 5.74) is 0.814. The van der Waals surface area contributed by atoms with Crippen LogP contribution in [0.4, 0.5) is 0 Å². The SMILES string of the molecule is CC[C@@H](C)OC(=O)CSc1nnc(-c2ccncc2)n1N. The van der Waals surface area contributed by atoms with Gasteiger partial charge < -0.3 is 10.6 Å². The van der Waals surface area contributed by atoms with Gasteiger partial charge in [-0.25, -0.2) is 4.68 Å². The second-order valence-electron chi connectivity index (χ2n) is 4.41. The summed E-state index contributed by atoms with van der Waals surface area (Å²) in [6.45, 7) is 3.82. The molecule has 0 amide bonds. The largest absolute Gasteiger partial charge is 0.462 e. The lowest BCUT2D eigenvalue weighted by Crippen LogP contribution is -2.17. The maximum atomic E-state index is 11.6. The molecule has 21 heavy (non-hydrogen) atoms. The molecule has 0 saturated heterocycles. The molecule has 0 aromatic carbocycles. The molecule has 2 rings (SSSR count). The van der Waals surface area contributed by atoms with Crippen molar-refractivity contribution < 1.29 is 9.53 Å². The number of ether oxygens (including phenoxy) is 1. The average molecular weight is 307 g/mol. The van der Waals surface area contributed by atoms with Crippen LogP contribution in [0, 0.1) is 0 Å². The first-order chi connectivity index (χ1) is 10.1. The predicted molar refractivity (Wildman–Crippen MR) is 80.0 cm³/mol. The number of hydrogen-bond donors (Lipinski definition) is 1. The molecule has 1 atom stereocenters. The first-order valence-corrected chi connectivity index (χ1v) is 7.53. The van der Waals surface area contributed by atoms with Crippen LogP contribution >= 0.6 is 11.8 Å². The van der Waals surface area contributed by atoms with E-state index in [9.17, 15) is 4.79 Å². The van der Waals surface area contributed by atoms with Crippen molar-refractivity contribution in [2.75, 3.05) is 11.6 Å². The van der Waals surface area contributed by atoms with Crippen molar-refractivity contribution in [3.8, 4) is 11.4 Å². The average Bonchev–Trinajstić information content (AvgIpc) is 2.87. The minimum absolute atomic E-state index is 0.0822. The lowest BCUT2D eigenvalue weighted by Gasteiger charge is -2.10. The van der Waals surface area contributed by atoms with Gasteiger partial charge in [-0.1, -0.05) is 18.7 Å². The van der Waals surface area contributed by atoms with Crippen LogP contribution in [-0.4, -0.2) is 37.7 Å². The lowest BCUT2D eigenvalue weighted by atomic mass is 10.2. The van der Waals surface area contributed by atoms with E-state index in [1.807, 2.05) is 13.8 Å². The molecule has 7 nitrogen and oxygen atoms in total. The molecule has 0 spiro atoms. The van der Waals surface area contributed by atoms with Crippen molar-refractivity contribution in [1.82, 2.24) is 19.9 Å². The summed E-state index contributed by atoms with van der Waals surface area (Å²) in [7, 11) is 0. The molecular weight excluding hydrogens is 290 g/mol. The molecule has 0 aliphatic carbocycles. The highest BCUT2D eigenvalue weighted by molar-refractivity contribution is 7.99. The van der Waals surface area contributed by atoms with Crippen molar-refractivity contribution in [2.45, 2.75) is 31.5 Å². The van der Waals surface area contributed by atoms with Crippen molar-refractivity contribution >= 4 is 17.7 Å². The number of carbonyl (C=O) groups is 1. The van der Waals surface area contributed by atoms with Gasteiger partial charge in [0.15, 0.2) is 5.82 Å². The molecule has 0 unspecified atom stereocenters. The maximum Gasteiger partial charge on any atom is 0.316 e. The van der Waals surface area contributed by atoms with Crippen molar-refractivity contribution in [2.24, 2.45) is 0 Å². The number of pyridine rings is 1. The zero-order valence-electron chi connectivity index (χ0n) is 11.9. The summed E-state index contributed by atoms with van der Waals surface area (Å²) in [5, 5.41) is 8.48. The van der Waals surface area contributed by atoms with Crippen molar-refractivity contribution in [1.29, 1.82) is 0 Å². The van der Waals surface area contributed by atoms with Crippen molar-refractivity contribution in [3.05, 3.63) is 24.5 Å². The Morgan fingerprint density at radius 2 is 2.14 bits per heavy atom. The van der Waals surface area contributed by atoms with Crippen LogP contribution in [0.15, 0.2) is 29.7 Å². The third-order valence-corrected chi connectivity index (χ3v) is 3.75. The monoisotopic (exact) mass is 307 g/mol. The van der Waals surface area contributed by atoms with Gasteiger partial charge in [0, 0.05) is 18.0 Å². The van der Waals surface area contributed by atoms with Gasteiger partial charge in [-0.05, 0) is 25.5 Å². The van der Waals surface area contributed by atoms with Crippen LogP contribution in [-0.2, 0) is 9.53 Å². The standard InChI is InChI=1S/C13H17N5O2S/c1-3-9(2)20-11(19)8-21-13-17-16-12(18(13)14)10-4-6-15-7-5-10/h4-7,9H,3,8,14H2,1-2H3/t9-/m1/s1. The highest BCUT2D eigenvalue weighted by Gasteiger charge is 2.15. The van der Waals surface area contributed by atoms with E-state index >= 15 is 0 Å². The molecule has 8 heteroatoms. The normalized spacial score (nSPS) is 12.1. The third-order valence-electron chi connectivity index (χ3n) is 2.83. The molecule has 0 radical (unpaired) electrons. The second-order valence-corrected chi connectivity index (χ2v) is 5.35. The minimum Gasteiger partial charge on any atom is -0.462 e. The number of esters is 1. The summed E-state index contributed by atoms with van der Waals surface area (Å²) in [6, 6.07) is 3.58. The first kappa shape index (κ1) is 15.3. The van der Waals surface area contributed by atoms with Gasteiger partial charge in [0.05, 0.1) is 11.9 Å². The molecule has 2 aromatic rings. The zero-order chi connectivity index (χ0) is 15.2. The molecule has 0 fully saturated rings. The van der Waals surface area contributed by atoms with Gasteiger partial charge in [0.2, 0.25) is 5.16 Å². The summed E-state index contributed by atoms with van der Waals surface area (Å²) in [6.07, 6.45) is 4.01. The van der Waals surface area contributed by atoms with Crippen LogP contribution in [0.25, 0.3) is 11.4 Å². The molecule has 0 saturated carbocycles. The highest BCUT2D eigenvalue weighted by Crippen LogP contribution is 2.21. The number of hydrogen-bond acceptors (Lipinski definition) is 7. The van der Waals surface area contributed by atoms with E-state index in [2.05, 4.69) is 15.2 Å². The fourth-order valence-electron chi connectivity index (χ4n) is 1.54. The molecule has 0 aliphatic rings. The van der Waals surface area contributed by atoms with Crippen molar-refractivity contribution in [3.63, 3.8) is 0 Å². The Hall–Kier alpha value is -2.09. The smallest absolute Gasteiger partial charge is 0.316 e. The van der Waals surface area contributed by atoms with Gasteiger partial charge >= 0.3 is 5.97 Å². The van der Waals surface area contributed by atoms with Crippen LogP contribution in [0.1, 0.15) is 20.3 Å². The van der Waals surface area contributed by atoms with E-state index in [1.54, 1.807) is 24.5 Å². The molecular formula is C13H17N5O2S. The molecule has 2 heterocycles. The quantitative estimate of drug-likeness (QED) is 0.490. The lowest BCUT2D eigenvalue weighted by molar-refractivity contribution is -0.144. The molecule has 2 N–H and O–H groups in total. The summed E-state index contributed by atoms with van der Waals surface area (Å²) >= 11 is 1.20. The first-order valence-electron chi connectivity index (χ1n) is 6.55. The van der Waals surface area contributed by atoms with E-state index in [0.717, 1.165) is 12.0 Å². The Kier molecular flexibility index (Phi) is 5.15. The zero-order valence-corrected chi connectivity index (χ0v) is 12.7. The van der Waals surface area contributed by atoms with Gasteiger partial charge in [0.1, 0.15) is 0 Å². The van der Waals surface area contributed by atoms with E-state index in [-0.39, 0.29) is 17.8 Å². The van der Waals surface area contributed by atoms with Crippen LogP contribution in [0.2, 0.25) is 0 Å². The number of carbonyl (C=O) groups excluding carboxylic acids is 1. The van der Waals surface area contributed by atoms with E-state index in [4.69, 9.17) is 10.6 Å². The number of nitrogen functional groups attached to an aromatic ring is 1. The van der Waals surface area contributed by atoms with Crippen LogP contribution in [0.3, 0.4) is 0 Å². The highest BCUT2D eigenvalue weighted by atomic mass is 32.2. The third kappa shape index (κ3) is 3.94.